The van der Waals surface area contributed by atoms with Crippen molar-refractivity contribution in [1.29, 1.82) is 0 Å². The van der Waals surface area contributed by atoms with Gasteiger partial charge in [0.05, 0.1) is 13.2 Å². The van der Waals surface area contributed by atoms with Crippen LogP contribution >= 0.6 is 11.6 Å². The largest absolute Gasteiger partial charge is 0.377 e. The Bertz CT molecular complexity index is 481. The van der Waals surface area contributed by atoms with Gasteiger partial charge < -0.3 is 20.7 Å². The molecule has 110 valence electrons. The van der Waals surface area contributed by atoms with E-state index in [0.717, 1.165) is 11.3 Å². The van der Waals surface area contributed by atoms with Crippen LogP contribution in [0.15, 0.2) is 18.2 Å². The van der Waals surface area contributed by atoms with Gasteiger partial charge in [-0.3, -0.25) is 4.79 Å². The maximum absolute atomic E-state index is 12.2. The Morgan fingerprint density at radius 3 is 3.10 bits per heavy atom. The zero-order valence-electron chi connectivity index (χ0n) is 11.6. The summed E-state index contributed by atoms with van der Waals surface area (Å²) in [6, 6.07) is 5.30. The molecule has 1 heterocycles. The van der Waals surface area contributed by atoms with E-state index in [1.54, 1.807) is 0 Å². The second kappa shape index (κ2) is 6.92. The summed E-state index contributed by atoms with van der Waals surface area (Å²) in [7, 11) is 0. The van der Waals surface area contributed by atoms with Gasteiger partial charge in [-0.2, -0.15) is 0 Å². The number of nitrogens with two attached hydrogens (primary N) is 1. The van der Waals surface area contributed by atoms with Gasteiger partial charge in [-0.1, -0.05) is 17.7 Å². The van der Waals surface area contributed by atoms with Gasteiger partial charge in [0.15, 0.2) is 0 Å². The van der Waals surface area contributed by atoms with E-state index in [1.165, 1.54) is 0 Å². The highest BCUT2D eigenvalue weighted by atomic mass is 35.5. The van der Waals surface area contributed by atoms with Gasteiger partial charge in [0.2, 0.25) is 5.91 Å². The maximum atomic E-state index is 12.2. The lowest BCUT2D eigenvalue weighted by Crippen LogP contribution is -2.54. The number of rotatable bonds is 4. The molecular formula is C14H20ClN3O2. The van der Waals surface area contributed by atoms with Crippen LogP contribution in [0.4, 0.5) is 5.69 Å². The fourth-order valence-electron chi connectivity index (χ4n) is 2.42. The van der Waals surface area contributed by atoms with Crippen LogP contribution in [0.1, 0.15) is 12.5 Å². The standard InChI is InChI=1S/C14H20ClN3O2/c1-2-17-14(19)13-9-20-7-6-18(13)12-5-3-4-11(15)10(12)8-16/h3-5,13H,2,6-9,16H2,1H3,(H,17,19). The van der Waals surface area contributed by atoms with E-state index in [4.69, 9.17) is 22.1 Å². The average Bonchev–Trinajstić information content (AvgIpc) is 2.47. The molecule has 20 heavy (non-hydrogen) atoms. The van der Waals surface area contributed by atoms with Crippen LogP contribution in [0.3, 0.4) is 0 Å². The number of carbonyl (C=O) groups is 1. The molecule has 5 nitrogen and oxygen atoms in total. The van der Waals surface area contributed by atoms with E-state index < -0.39 is 0 Å². The van der Waals surface area contributed by atoms with Crippen molar-refractivity contribution in [3.8, 4) is 0 Å². The number of halogens is 1. The van der Waals surface area contributed by atoms with Crippen LogP contribution < -0.4 is 16.0 Å². The average molecular weight is 298 g/mol. The molecule has 1 aliphatic heterocycles. The number of carbonyl (C=O) groups excluding carboxylic acids is 1. The molecular weight excluding hydrogens is 278 g/mol. The fraction of sp³-hybridized carbons (Fsp3) is 0.500. The molecule has 3 N–H and O–H groups in total. The first-order valence-electron chi connectivity index (χ1n) is 6.78. The number of nitrogens with one attached hydrogen (secondary N) is 1. The molecule has 0 bridgehead atoms. The summed E-state index contributed by atoms with van der Waals surface area (Å²) >= 11 is 6.20. The molecule has 1 fully saturated rings. The van der Waals surface area contributed by atoms with Crippen molar-refractivity contribution in [3.63, 3.8) is 0 Å². The number of anilines is 1. The lowest BCUT2D eigenvalue weighted by Gasteiger charge is -2.37. The van der Waals surface area contributed by atoms with Crippen molar-refractivity contribution in [1.82, 2.24) is 5.32 Å². The van der Waals surface area contributed by atoms with Gasteiger partial charge in [0.1, 0.15) is 6.04 Å². The smallest absolute Gasteiger partial charge is 0.245 e. The van der Waals surface area contributed by atoms with Gasteiger partial charge in [-0.25, -0.2) is 0 Å². The van der Waals surface area contributed by atoms with E-state index in [2.05, 4.69) is 5.32 Å². The third kappa shape index (κ3) is 3.06. The predicted octanol–water partition coefficient (Wildman–Crippen LogP) is 1.14. The molecule has 1 aromatic carbocycles. The highest BCUT2D eigenvalue weighted by molar-refractivity contribution is 6.31. The second-order valence-electron chi connectivity index (χ2n) is 4.62. The number of benzene rings is 1. The second-order valence-corrected chi connectivity index (χ2v) is 5.03. The van der Waals surface area contributed by atoms with Crippen molar-refractivity contribution >= 4 is 23.2 Å². The monoisotopic (exact) mass is 297 g/mol. The van der Waals surface area contributed by atoms with Crippen molar-refractivity contribution in [2.75, 3.05) is 31.2 Å². The summed E-state index contributed by atoms with van der Waals surface area (Å²) in [5.41, 5.74) is 7.58. The lowest BCUT2D eigenvalue weighted by atomic mass is 10.1. The third-order valence-corrected chi connectivity index (χ3v) is 3.74. The van der Waals surface area contributed by atoms with E-state index in [9.17, 15) is 4.79 Å². The normalized spacial score (nSPS) is 18.9. The van der Waals surface area contributed by atoms with E-state index in [1.807, 2.05) is 30.0 Å². The Morgan fingerprint density at radius 2 is 2.40 bits per heavy atom. The van der Waals surface area contributed by atoms with Gasteiger partial charge in [0, 0.05) is 35.9 Å². The number of hydrogen-bond donors (Lipinski definition) is 2. The molecule has 1 unspecified atom stereocenters. The summed E-state index contributed by atoms with van der Waals surface area (Å²) in [5.74, 6) is -0.0323. The number of amides is 1. The summed E-state index contributed by atoms with van der Waals surface area (Å²) in [6.45, 7) is 4.46. The molecule has 0 aliphatic carbocycles. The summed E-state index contributed by atoms with van der Waals surface area (Å²) in [5, 5.41) is 3.47. The number of likely N-dealkylation sites (N-methyl/N-ethyl adjacent to an activating group) is 1. The number of morpholine rings is 1. The SMILES string of the molecule is CCNC(=O)C1COCCN1c1cccc(Cl)c1CN. The maximum Gasteiger partial charge on any atom is 0.245 e. The zero-order valence-corrected chi connectivity index (χ0v) is 12.3. The van der Waals surface area contributed by atoms with Crippen LogP contribution in [-0.4, -0.2) is 38.3 Å². The summed E-state index contributed by atoms with van der Waals surface area (Å²) < 4.78 is 5.44. The Morgan fingerprint density at radius 1 is 1.60 bits per heavy atom. The van der Waals surface area contributed by atoms with Crippen LogP contribution in [0, 0.1) is 0 Å². The Hall–Kier alpha value is -1.30. The van der Waals surface area contributed by atoms with Crippen molar-refractivity contribution in [2.24, 2.45) is 5.73 Å². The topological polar surface area (TPSA) is 67.6 Å². The van der Waals surface area contributed by atoms with Gasteiger partial charge in [0.25, 0.3) is 0 Å². The molecule has 0 radical (unpaired) electrons. The minimum absolute atomic E-state index is 0.0323. The van der Waals surface area contributed by atoms with Crippen molar-refractivity contribution in [3.05, 3.63) is 28.8 Å². The van der Waals surface area contributed by atoms with E-state index >= 15 is 0 Å². The highest BCUT2D eigenvalue weighted by Gasteiger charge is 2.30. The lowest BCUT2D eigenvalue weighted by molar-refractivity contribution is -0.124. The molecule has 1 amide bonds. The molecule has 1 aromatic rings. The van der Waals surface area contributed by atoms with Crippen LogP contribution in [-0.2, 0) is 16.1 Å². The summed E-state index contributed by atoms with van der Waals surface area (Å²) in [6.07, 6.45) is 0. The molecule has 1 aliphatic rings. The molecule has 0 spiro atoms. The minimum atomic E-state index is -0.340. The first-order chi connectivity index (χ1) is 9.69. The molecule has 0 aromatic heterocycles. The Labute approximate surface area is 124 Å². The van der Waals surface area contributed by atoms with E-state index in [-0.39, 0.29) is 11.9 Å². The Kier molecular flexibility index (Phi) is 5.23. The quantitative estimate of drug-likeness (QED) is 0.874. The molecule has 2 rings (SSSR count). The van der Waals surface area contributed by atoms with Gasteiger partial charge in [-0.15, -0.1) is 0 Å². The van der Waals surface area contributed by atoms with Crippen molar-refractivity contribution in [2.45, 2.75) is 19.5 Å². The summed E-state index contributed by atoms with van der Waals surface area (Å²) in [4.78, 5) is 14.2. The molecule has 1 atom stereocenters. The Balaban J connectivity index is 2.32. The van der Waals surface area contributed by atoms with Crippen LogP contribution in [0.5, 0.6) is 0 Å². The van der Waals surface area contributed by atoms with Gasteiger partial charge in [-0.05, 0) is 19.1 Å². The number of hydrogen-bond acceptors (Lipinski definition) is 4. The van der Waals surface area contributed by atoms with Crippen LogP contribution in [0.2, 0.25) is 5.02 Å². The van der Waals surface area contributed by atoms with Crippen LogP contribution in [0.25, 0.3) is 0 Å². The third-order valence-electron chi connectivity index (χ3n) is 3.39. The van der Waals surface area contributed by atoms with Gasteiger partial charge >= 0.3 is 0 Å². The number of ether oxygens (including phenoxy) is 1. The molecule has 1 saturated heterocycles. The first kappa shape index (κ1) is 15.1. The molecule has 6 heteroatoms. The molecule has 0 saturated carbocycles. The minimum Gasteiger partial charge on any atom is -0.377 e. The first-order valence-corrected chi connectivity index (χ1v) is 7.16. The number of nitrogens with zero attached hydrogens (tertiary/aromatic N) is 1. The van der Waals surface area contributed by atoms with E-state index in [0.29, 0.717) is 37.9 Å². The predicted molar refractivity (Wildman–Crippen MR) is 80.0 cm³/mol. The highest BCUT2D eigenvalue weighted by Crippen LogP contribution is 2.29. The fourth-order valence-corrected chi connectivity index (χ4v) is 2.67. The van der Waals surface area contributed by atoms with Crippen molar-refractivity contribution < 1.29 is 9.53 Å². The zero-order chi connectivity index (χ0) is 14.5.